The van der Waals surface area contributed by atoms with E-state index < -0.39 is 15.8 Å². The molecule has 21 heavy (non-hydrogen) atoms. The average molecular weight is 316 g/mol. The Morgan fingerprint density at radius 3 is 2.48 bits per heavy atom. The second-order valence-electron chi connectivity index (χ2n) is 5.69. The van der Waals surface area contributed by atoms with E-state index >= 15 is 0 Å². The van der Waals surface area contributed by atoms with Crippen molar-refractivity contribution >= 4 is 10.0 Å². The van der Waals surface area contributed by atoms with Gasteiger partial charge in [0, 0.05) is 18.2 Å². The van der Waals surface area contributed by atoms with Crippen molar-refractivity contribution in [1.29, 1.82) is 0 Å². The minimum absolute atomic E-state index is 0.0293. The Bertz CT molecular complexity index is 588. The molecule has 1 aromatic carbocycles. The first-order chi connectivity index (χ1) is 9.71. The van der Waals surface area contributed by atoms with Gasteiger partial charge >= 0.3 is 0 Å². The molecule has 1 aromatic rings. The highest BCUT2D eigenvalue weighted by atomic mass is 32.2. The lowest BCUT2D eigenvalue weighted by Gasteiger charge is -2.18. The van der Waals surface area contributed by atoms with Crippen molar-refractivity contribution in [2.75, 3.05) is 0 Å². The van der Waals surface area contributed by atoms with Crippen LogP contribution in [-0.2, 0) is 16.6 Å². The van der Waals surface area contributed by atoms with E-state index in [0.717, 1.165) is 12.8 Å². The molecule has 0 spiro atoms. The Morgan fingerprint density at radius 1 is 1.33 bits per heavy atom. The average Bonchev–Trinajstić information content (AvgIpc) is 2.40. The van der Waals surface area contributed by atoms with Crippen molar-refractivity contribution in [1.82, 2.24) is 4.72 Å². The van der Waals surface area contributed by atoms with Crippen molar-refractivity contribution in [2.45, 2.75) is 58.0 Å². The van der Waals surface area contributed by atoms with Crippen molar-refractivity contribution in [3.05, 3.63) is 29.1 Å². The number of nitrogens with two attached hydrogens (primary N) is 1. The lowest BCUT2D eigenvalue weighted by molar-refractivity contribution is 0.445. The van der Waals surface area contributed by atoms with Gasteiger partial charge in [-0.15, -0.1) is 0 Å². The van der Waals surface area contributed by atoms with Gasteiger partial charge in [0.25, 0.3) is 0 Å². The Hall–Kier alpha value is -0.980. The van der Waals surface area contributed by atoms with Crippen LogP contribution in [0.25, 0.3) is 0 Å². The van der Waals surface area contributed by atoms with E-state index in [2.05, 4.69) is 18.6 Å². The summed E-state index contributed by atoms with van der Waals surface area (Å²) in [4.78, 5) is 0.0675. The van der Waals surface area contributed by atoms with Crippen molar-refractivity contribution in [2.24, 2.45) is 11.7 Å². The second-order valence-corrected chi connectivity index (χ2v) is 7.40. The van der Waals surface area contributed by atoms with Crippen LogP contribution >= 0.6 is 0 Å². The van der Waals surface area contributed by atoms with Gasteiger partial charge < -0.3 is 5.73 Å². The van der Waals surface area contributed by atoms with E-state index in [9.17, 15) is 12.8 Å². The largest absolute Gasteiger partial charge is 0.326 e. The molecule has 0 aliphatic rings. The lowest BCUT2D eigenvalue weighted by atomic mass is 10.0. The Kier molecular flexibility index (Phi) is 6.31. The molecule has 4 nitrogen and oxygen atoms in total. The maximum atomic E-state index is 13.8. The summed E-state index contributed by atoms with van der Waals surface area (Å²) >= 11 is 0. The molecule has 0 heterocycles. The molecule has 2 atom stereocenters. The van der Waals surface area contributed by atoms with Crippen LogP contribution in [-0.4, -0.2) is 14.5 Å². The van der Waals surface area contributed by atoms with Crippen LogP contribution < -0.4 is 10.5 Å². The zero-order chi connectivity index (χ0) is 16.2. The van der Waals surface area contributed by atoms with Crippen LogP contribution in [0.4, 0.5) is 4.39 Å². The standard InChI is InChI=1S/C15H25FN2O2S/c1-5-10(2)6-12(4)18-21(19,20)14-7-11(3)15(16)13(8-14)9-17/h7-8,10,12,18H,5-6,9,17H2,1-4H3. The molecule has 0 radical (unpaired) electrons. The summed E-state index contributed by atoms with van der Waals surface area (Å²) in [5.41, 5.74) is 5.96. The lowest BCUT2D eigenvalue weighted by Crippen LogP contribution is -2.34. The molecule has 0 fully saturated rings. The first-order valence-electron chi connectivity index (χ1n) is 7.22. The van der Waals surface area contributed by atoms with Crippen LogP contribution in [0.2, 0.25) is 0 Å². The SMILES string of the molecule is CCC(C)CC(C)NS(=O)(=O)c1cc(C)c(F)c(CN)c1. The van der Waals surface area contributed by atoms with Gasteiger partial charge in [0.15, 0.2) is 0 Å². The van der Waals surface area contributed by atoms with Crippen molar-refractivity contribution < 1.29 is 12.8 Å². The predicted octanol–water partition coefficient (Wildman–Crippen LogP) is 2.70. The summed E-state index contributed by atoms with van der Waals surface area (Å²) in [5, 5.41) is 0. The van der Waals surface area contributed by atoms with Crippen LogP contribution in [0.15, 0.2) is 17.0 Å². The number of halogens is 1. The molecule has 120 valence electrons. The fourth-order valence-electron chi connectivity index (χ4n) is 2.26. The molecule has 0 aromatic heterocycles. The van der Waals surface area contributed by atoms with E-state index in [1.54, 1.807) is 0 Å². The number of hydrogen-bond donors (Lipinski definition) is 2. The van der Waals surface area contributed by atoms with Gasteiger partial charge in [0.1, 0.15) is 5.82 Å². The molecule has 0 saturated heterocycles. The molecular formula is C15H25FN2O2S. The van der Waals surface area contributed by atoms with E-state index in [1.165, 1.54) is 19.1 Å². The van der Waals surface area contributed by atoms with Crippen molar-refractivity contribution in [3.8, 4) is 0 Å². The topological polar surface area (TPSA) is 72.2 Å². The van der Waals surface area contributed by atoms with E-state index in [1.807, 2.05) is 6.92 Å². The van der Waals surface area contributed by atoms with Gasteiger partial charge in [-0.25, -0.2) is 17.5 Å². The predicted molar refractivity (Wildman–Crippen MR) is 82.9 cm³/mol. The molecule has 0 amide bonds. The van der Waals surface area contributed by atoms with Crippen LogP contribution in [0, 0.1) is 18.7 Å². The highest BCUT2D eigenvalue weighted by Crippen LogP contribution is 2.20. The number of aryl methyl sites for hydroxylation is 1. The van der Waals surface area contributed by atoms with Gasteiger partial charge in [0.2, 0.25) is 10.0 Å². The Morgan fingerprint density at radius 2 is 1.95 bits per heavy atom. The van der Waals surface area contributed by atoms with Gasteiger partial charge in [-0.05, 0) is 43.9 Å². The summed E-state index contributed by atoms with van der Waals surface area (Å²) in [6.07, 6.45) is 1.76. The van der Waals surface area contributed by atoms with Crippen LogP contribution in [0.3, 0.4) is 0 Å². The number of benzene rings is 1. The highest BCUT2D eigenvalue weighted by molar-refractivity contribution is 7.89. The van der Waals surface area contributed by atoms with Gasteiger partial charge in [-0.2, -0.15) is 0 Å². The normalized spacial score (nSPS) is 15.0. The van der Waals surface area contributed by atoms with E-state index in [-0.39, 0.29) is 28.6 Å². The number of sulfonamides is 1. The molecule has 3 N–H and O–H groups in total. The number of nitrogens with one attached hydrogen (secondary N) is 1. The fourth-order valence-corrected chi connectivity index (χ4v) is 3.65. The maximum absolute atomic E-state index is 13.8. The Labute approximate surface area is 127 Å². The Balaban J connectivity index is 3.00. The molecule has 0 saturated carbocycles. The molecule has 6 heteroatoms. The minimum atomic E-state index is -3.66. The summed E-state index contributed by atoms with van der Waals surface area (Å²) in [6.45, 7) is 7.50. The zero-order valence-corrected chi connectivity index (χ0v) is 13.9. The third-order valence-corrected chi connectivity index (χ3v) is 5.21. The molecular weight excluding hydrogens is 291 g/mol. The first kappa shape index (κ1) is 18.1. The minimum Gasteiger partial charge on any atom is -0.326 e. The highest BCUT2D eigenvalue weighted by Gasteiger charge is 2.20. The summed E-state index contributed by atoms with van der Waals surface area (Å²) in [7, 11) is -3.66. The maximum Gasteiger partial charge on any atom is 0.240 e. The first-order valence-corrected chi connectivity index (χ1v) is 8.71. The van der Waals surface area contributed by atoms with Gasteiger partial charge in [-0.1, -0.05) is 20.3 Å². The van der Waals surface area contributed by atoms with Gasteiger partial charge in [0.05, 0.1) is 4.90 Å². The molecule has 1 rings (SSSR count). The summed E-state index contributed by atoms with van der Waals surface area (Å²) in [6, 6.07) is 2.48. The smallest absolute Gasteiger partial charge is 0.240 e. The second kappa shape index (κ2) is 7.33. The van der Waals surface area contributed by atoms with Crippen LogP contribution in [0.5, 0.6) is 0 Å². The summed E-state index contributed by atoms with van der Waals surface area (Å²) in [5.74, 6) is 0.00126. The van der Waals surface area contributed by atoms with Gasteiger partial charge in [-0.3, -0.25) is 0 Å². The quantitative estimate of drug-likeness (QED) is 0.812. The monoisotopic (exact) mass is 316 g/mol. The number of rotatable bonds is 7. The van der Waals surface area contributed by atoms with Crippen molar-refractivity contribution in [3.63, 3.8) is 0 Å². The molecule has 0 bridgehead atoms. The van der Waals surface area contributed by atoms with E-state index in [4.69, 9.17) is 5.73 Å². The fraction of sp³-hybridized carbons (Fsp3) is 0.600. The van der Waals surface area contributed by atoms with Crippen LogP contribution in [0.1, 0.15) is 44.7 Å². The summed E-state index contributed by atoms with van der Waals surface area (Å²) < 4.78 is 41.1. The molecule has 0 aliphatic carbocycles. The molecule has 0 aliphatic heterocycles. The van der Waals surface area contributed by atoms with E-state index in [0.29, 0.717) is 5.92 Å². The third-order valence-electron chi connectivity index (χ3n) is 3.64. The molecule has 2 unspecified atom stereocenters. The zero-order valence-electron chi connectivity index (χ0n) is 13.1. The third kappa shape index (κ3) is 4.76. The number of hydrogen-bond acceptors (Lipinski definition) is 3.